The standard InChI is InChI=1S/C9H14O3S/c1-5-7(10)8(13(3)4)9(11)12-6-2/h5H,1,6H2,2-4H3. The number of rotatable bonds is 4. The van der Waals surface area contributed by atoms with Crippen LogP contribution >= 0.6 is 10.5 Å². The maximum atomic E-state index is 11.3. The van der Waals surface area contributed by atoms with Crippen molar-refractivity contribution < 1.29 is 14.3 Å². The molecular weight excluding hydrogens is 188 g/mol. The van der Waals surface area contributed by atoms with Crippen LogP contribution in [0.15, 0.2) is 12.7 Å². The maximum Gasteiger partial charge on any atom is 0.347 e. The minimum atomic E-state index is -0.527. The van der Waals surface area contributed by atoms with Crippen molar-refractivity contribution in [1.82, 2.24) is 0 Å². The highest BCUT2D eigenvalue weighted by Crippen LogP contribution is 2.06. The highest BCUT2D eigenvalue weighted by Gasteiger charge is 2.17. The molecule has 0 heterocycles. The van der Waals surface area contributed by atoms with Gasteiger partial charge in [-0.15, -0.1) is 0 Å². The molecule has 0 aliphatic heterocycles. The van der Waals surface area contributed by atoms with Crippen LogP contribution in [0.4, 0.5) is 0 Å². The molecule has 0 atom stereocenters. The zero-order valence-electron chi connectivity index (χ0n) is 8.12. The first-order valence-electron chi connectivity index (χ1n) is 3.83. The molecule has 0 bridgehead atoms. The van der Waals surface area contributed by atoms with Crippen molar-refractivity contribution in [2.24, 2.45) is 0 Å². The molecule has 0 aromatic heterocycles. The fourth-order valence-corrected chi connectivity index (χ4v) is 1.64. The van der Waals surface area contributed by atoms with Gasteiger partial charge in [0.15, 0.2) is 5.78 Å². The maximum absolute atomic E-state index is 11.3. The number of esters is 1. The zero-order chi connectivity index (χ0) is 10.4. The van der Waals surface area contributed by atoms with E-state index < -0.39 is 16.5 Å². The molecule has 0 fully saturated rings. The molecular formula is C9H14O3S. The van der Waals surface area contributed by atoms with Gasteiger partial charge in [-0.05, 0) is 25.5 Å². The lowest BCUT2D eigenvalue weighted by Crippen LogP contribution is -2.24. The lowest BCUT2D eigenvalue weighted by atomic mass is 10.3. The lowest BCUT2D eigenvalue weighted by Gasteiger charge is -2.05. The van der Waals surface area contributed by atoms with Crippen molar-refractivity contribution in [3.8, 4) is 0 Å². The van der Waals surface area contributed by atoms with Crippen molar-refractivity contribution in [3.63, 3.8) is 0 Å². The van der Waals surface area contributed by atoms with Gasteiger partial charge in [-0.25, -0.2) is 4.79 Å². The molecule has 74 valence electrons. The number of hydrogen-bond acceptors (Lipinski definition) is 3. The van der Waals surface area contributed by atoms with Crippen molar-refractivity contribution in [2.45, 2.75) is 6.92 Å². The molecule has 0 unspecified atom stereocenters. The third-order valence-corrected chi connectivity index (χ3v) is 2.46. The van der Waals surface area contributed by atoms with E-state index in [0.717, 1.165) is 6.08 Å². The molecule has 0 aromatic carbocycles. The highest BCUT2D eigenvalue weighted by atomic mass is 32.2. The lowest BCUT2D eigenvalue weighted by molar-refractivity contribution is -0.135. The number of ether oxygens (including phenoxy) is 1. The smallest absolute Gasteiger partial charge is 0.347 e. The van der Waals surface area contributed by atoms with Crippen LogP contribution in [0, 0.1) is 0 Å². The SMILES string of the molecule is C=CC(=O)C(C(=O)OCC)=S(C)C. The Bertz CT molecular complexity index is 262. The van der Waals surface area contributed by atoms with Gasteiger partial charge in [0, 0.05) is 0 Å². The van der Waals surface area contributed by atoms with E-state index in [1.165, 1.54) is 0 Å². The average Bonchev–Trinajstić information content (AvgIpc) is 2.04. The summed E-state index contributed by atoms with van der Waals surface area (Å²) in [5.74, 6) is -0.868. The molecule has 0 amide bonds. The Morgan fingerprint density at radius 1 is 1.46 bits per heavy atom. The van der Waals surface area contributed by atoms with Gasteiger partial charge in [0.2, 0.25) is 0 Å². The summed E-state index contributed by atoms with van der Waals surface area (Å²) in [5, 5.41) is 0. The predicted molar refractivity (Wildman–Crippen MR) is 56.3 cm³/mol. The normalized spacial score (nSPS) is 9.54. The molecule has 13 heavy (non-hydrogen) atoms. The summed E-state index contributed by atoms with van der Waals surface area (Å²) in [6, 6.07) is 0. The average molecular weight is 202 g/mol. The topological polar surface area (TPSA) is 43.4 Å². The van der Waals surface area contributed by atoms with E-state index in [-0.39, 0.29) is 17.3 Å². The van der Waals surface area contributed by atoms with Gasteiger partial charge >= 0.3 is 5.97 Å². The van der Waals surface area contributed by atoms with Crippen molar-refractivity contribution in [2.75, 3.05) is 19.1 Å². The number of allylic oxidation sites excluding steroid dienone is 1. The molecule has 0 aromatic rings. The van der Waals surface area contributed by atoms with E-state index in [1.807, 2.05) is 0 Å². The van der Waals surface area contributed by atoms with E-state index in [4.69, 9.17) is 4.74 Å². The fraction of sp³-hybridized carbons (Fsp3) is 0.444. The molecule has 3 nitrogen and oxygen atoms in total. The zero-order valence-corrected chi connectivity index (χ0v) is 8.94. The van der Waals surface area contributed by atoms with Gasteiger partial charge in [0.05, 0.1) is 6.61 Å². The van der Waals surface area contributed by atoms with Crippen LogP contribution in [0.25, 0.3) is 0 Å². The van der Waals surface area contributed by atoms with Gasteiger partial charge in [-0.3, -0.25) is 4.79 Å². The molecule has 0 spiro atoms. The van der Waals surface area contributed by atoms with Crippen LogP contribution < -0.4 is 0 Å². The monoisotopic (exact) mass is 202 g/mol. The predicted octanol–water partition coefficient (Wildman–Crippen LogP) is 1.01. The van der Waals surface area contributed by atoms with Gasteiger partial charge in [-0.1, -0.05) is 6.58 Å². The van der Waals surface area contributed by atoms with E-state index in [0.29, 0.717) is 0 Å². The molecule has 0 aliphatic rings. The summed E-state index contributed by atoms with van der Waals surface area (Å²) in [6.07, 6.45) is 4.74. The minimum absolute atomic E-state index is 0.192. The van der Waals surface area contributed by atoms with Crippen molar-refractivity contribution in [1.29, 1.82) is 0 Å². The molecule has 4 heteroatoms. The van der Waals surface area contributed by atoms with Gasteiger partial charge in [0.1, 0.15) is 4.86 Å². The number of ketones is 1. The first kappa shape index (κ1) is 12.1. The summed E-state index contributed by atoms with van der Waals surface area (Å²) in [4.78, 5) is 22.7. The van der Waals surface area contributed by atoms with Gasteiger partial charge < -0.3 is 4.74 Å². The Kier molecular flexibility index (Phi) is 5.30. The number of hydrogen-bond donors (Lipinski definition) is 0. The third-order valence-electron chi connectivity index (χ3n) is 1.28. The summed E-state index contributed by atoms with van der Waals surface area (Å²) in [6.45, 7) is 5.32. The van der Waals surface area contributed by atoms with E-state index in [1.54, 1.807) is 19.4 Å². The number of carbonyl (C=O) groups excluding carboxylic acids is 2. The van der Waals surface area contributed by atoms with Crippen LogP contribution in [-0.2, 0) is 14.3 Å². The van der Waals surface area contributed by atoms with Crippen LogP contribution in [0.2, 0.25) is 0 Å². The van der Waals surface area contributed by atoms with E-state index in [9.17, 15) is 9.59 Å². The Morgan fingerprint density at radius 3 is 2.31 bits per heavy atom. The first-order valence-corrected chi connectivity index (χ1v) is 5.87. The fourth-order valence-electron chi connectivity index (χ4n) is 0.758. The molecule has 0 aliphatic carbocycles. The second kappa shape index (κ2) is 5.70. The third kappa shape index (κ3) is 3.55. The van der Waals surface area contributed by atoms with Gasteiger partial charge in [-0.2, -0.15) is 10.5 Å². The Hall–Kier alpha value is -0.900. The molecule has 0 N–H and O–H groups in total. The van der Waals surface area contributed by atoms with Crippen LogP contribution in [-0.4, -0.2) is 35.7 Å². The Balaban J connectivity index is 4.85. The summed E-state index contributed by atoms with van der Waals surface area (Å²) in [5.41, 5.74) is 0. The first-order chi connectivity index (χ1) is 6.04. The molecule has 0 saturated carbocycles. The minimum Gasteiger partial charge on any atom is -0.462 e. The Labute approximate surface area is 80.7 Å². The quantitative estimate of drug-likeness (QED) is 0.296. The largest absolute Gasteiger partial charge is 0.462 e. The summed E-state index contributed by atoms with van der Waals surface area (Å²) >= 11 is 0. The summed E-state index contributed by atoms with van der Waals surface area (Å²) in [7, 11) is -0.394. The highest BCUT2D eigenvalue weighted by molar-refractivity contribution is 8.16. The molecule has 0 saturated heterocycles. The van der Waals surface area contributed by atoms with E-state index >= 15 is 0 Å². The van der Waals surface area contributed by atoms with Crippen LogP contribution in [0.3, 0.4) is 0 Å². The van der Waals surface area contributed by atoms with Crippen molar-refractivity contribution in [3.05, 3.63) is 12.7 Å². The Morgan fingerprint density at radius 2 is 2.00 bits per heavy atom. The molecule has 0 radical (unpaired) electrons. The van der Waals surface area contributed by atoms with Crippen LogP contribution in [0.1, 0.15) is 6.92 Å². The van der Waals surface area contributed by atoms with Crippen LogP contribution in [0.5, 0.6) is 0 Å². The van der Waals surface area contributed by atoms with Gasteiger partial charge in [0.25, 0.3) is 0 Å². The molecule has 0 rings (SSSR count). The number of carbonyl (C=O) groups is 2. The second-order valence-electron chi connectivity index (χ2n) is 2.43. The van der Waals surface area contributed by atoms with E-state index in [2.05, 4.69) is 6.58 Å². The van der Waals surface area contributed by atoms with Crippen molar-refractivity contribution >= 4 is 27.1 Å². The summed E-state index contributed by atoms with van der Waals surface area (Å²) < 4.78 is 4.75. The second-order valence-corrected chi connectivity index (χ2v) is 4.48.